The van der Waals surface area contributed by atoms with Gasteiger partial charge in [-0.3, -0.25) is 4.90 Å². The second-order valence-corrected chi connectivity index (χ2v) is 7.11. The number of carbonyl (C=O) groups is 2. The molecule has 9 heteroatoms. The van der Waals surface area contributed by atoms with Crippen molar-refractivity contribution in [3.05, 3.63) is 35.2 Å². The molecule has 3 rings (SSSR count). The van der Waals surface area contributed by atoms with Crippen molar-refractivity contribution in [2.75, 3.05) is 32.8 Å². The highest BCUT2D eigenvalue weighted by Gasteiger charge is 2.28. The molecule has 0 radical (unpaired) electrons. The van der Waals surface area contributed by atoms with Crippen LogP contribution in [0.2, 0.25) is 0 Å². The van der Waals surface area contributed by atoms with Gasteiger partial charge in [0.25, 0.3) is 0 Å². The van der Waals surface area contributed by atoms with Crippen molar-refractivity contribution in [3.8, 4) is 0 Å². The van der Waals surface area contributed by atoms with Gasteiger partial charge in [-0.2, -0.15) is 0 Å². The number of aliphatic carboxylic acids is 2. The Balaban J connectivity index is 0.000000380. The van der Waals surface area contributed by atoms with E-state index in [9.17, 15) is 10.2 Å². The Morgan fingerprint density at radius 1 is 1.07 bits per heavy atom. The Morgan fingerprint density at radius 3 is 2.37 bits per heavy atom. The third-order valence-corrected chi connectivity index (χ3v) is 5.02. The second-order valence-electron chi connectivity index (χ2n) is 6.16. The molecule has 1 aromatic heterocycles. The van der Waals surface area contributed by atoms with Crippen LogP contribution in [0.15, 0.2) is 29.6 Å². The number of rotatable bonds is 6. The summed E-state index contributed by atoms with van der Waals surface area (Å²) in [6.45, 7) is 3.19. The van der Waals surface area contributed by atoms with Crippen molar-refractivity contribution in [1.29, 1.82) is 0 Å². The molecule has 0 bridgehead atoms. The normalized spacial score (nSPS) is 19.6. The van der Waals surface area contributed by atoms with Crippen LogP contribution >= 0.6 is 11.3 Å². The van der Waals surface area contributed by atoms with Crippen molar-refractivity contribution in [1.82, 2.24) is 4.90 Å². The number of likely N-dealkylation sites (tertiary alicyclic amines) is 1. The minimum Gasteiger partial charge on any atom is -0.473 e. The van der Waals surface area contributed by atoms with Gasteiger partial charge in [-0.1, -0.05) is 12.1 Å². The Labute approximate surface area is 160 Å². The fraction of sp³-hybridized carbons (Fsp3) is 0.444. The minimum atomic E-state index is -1.82. The van der Waals surface area contributed by atoms with Crippen LogP contribution < -0.4 is 0 Å². The lowest BCUT2D eigenvalue weighted by Gasteiger charge is -2.14. The van der Waals surface area contributed by atoms with E-state index >= 15 is 0 Å². The molecule has 8 nitrogen and oxygen atoms in total. The van der Waals surface area contributed by atoms with Gasteiger partial charge in [0.15, 0.2) is 0 Å². The van der Waals surface area contributed by atoms with E-state index in [1.807, 2.05) is 4.90 Å². The lowest BCUT2D eigenvalue weighted by Crippen LogP contribution is -2.26. The van der Waals surface area contributed by atoms with Crippen LogP contribution in [-0.4, -0.2) is 82.3 Å². The Hall–Kier alpha value is -2.04. The first-order chi connectivity index (χ1) is 12.9. The summed E-state index contributed by atoms with van der Waals surface area (Å²) >= 11 is 1.76. The van der Waals surface area contributed by atoms with Crippen LogP contribution in [0.1, 0.15) is 5.56 Å². The summed E-state index contributed by atoms with van der Waals surface area (Å²) in [6, 6.07) is 8.70. The first-order valence-electron chi connectivity index (χ1n) is 8.45. The number of thiophene rings is 1. The Kier molecular flexibility index (Phi) is 8.14. The molecule has 2 aromatic rings. The maximum absolute atomic E-state index is 9.46. The van der Waals surface area contributed by atoms with Crippen LogP contribution in [0.3, 0.4) is 0 Å². The van der Waals surface area contributed by atoms with E-state index in [0.717, 1.165) is 13.0 Å². The van der Waals surface area contributed by atoms with Crippen LogP contribution in [0.5, 0.6) is 0 Å². The largest absolute Gasteiger partial charge is 0.473 e. The molecule has 0 saturated carbocycles. The lowest BCUT2D eigenvalue weighted by molar-refractivity contribution is -0.159. The molecule has 2 heterocycles. The average molecular weight is 397 g/mol. The molecule has 1 aliphatic rings. The topological polar surface area (TPSA) is 128 Å². The second kappa shape index (κ2) is 10.3. The summed E-state index contributed by atoms with van der Waals surface area (Å²) in [5, 5.41) is 37.1. The fourth-order valence-electron chi connectivity index (χ4n) is 2.69. The SMILES string of the molecule is O=C(O)C(=O)O.O[C@@H]1CN(CCOCCc2ccc3sccc3c2)C[C@H]1O. The molecule has 1 fully saturated rings. The molecule has 4 N–H and O–H groups in total. The summed E-state index contributed by atoms with van der Waals surface area (Å²) in [5.41, 5.74) is 1.30. The van der Waals surface area contributed by atoms with E-state index in [4.69, 9.17) is 24.5 Å². The number of fused-ring (bicyclic) bond motifs is 1. The molecular weight excluding hydrogens is 374 g/mol. The van der Waals surface area contributed by atoms with Crippen LogP contribution in [-0.2, 0) is 20.7 Å². The summed E-state index contributed by atoms with van der Waals surface area (Å²) in [4.78, 5) is 20.2. The van der Waals surface area contributed by atoms with Crippen molar-refractivity contribution in [2.45, 2.75) is 18.6 Å². The first kappa shape index (κ1) is 21.3. The number of nitrogens with zero attached hydrogens (tertiary/aromatic N) is 1. The number of hydrogen-bond acceptors (Lipinski definition) is 7. The number of hydrogen-bond donors (Lipinski definition) is 4. The molecule has 1 aromatic carbocycles. The van der Waals surface area contributed by atoms with Gasteiger partial charge >= 0.3 is 11.9 Å². The van der Waals surface area contributed by atoms with Crippen molar-refractivity contribution < 1.29 is 34.8 Å². The van der Waals surface area contributed by atoms with Gasteiger partial charge in [-0.15, -0.1) is 11.3 Å². The third-order valence-electron chi connectivity index (χ3n) is 4.12. The quantitative estimate of drug-likeness (QED) is 0.413. The Morgan fingerprint density at radius 2 is 1.74 bits per heavy atom. The van der Waals surface area contributed by atoms with Crippen LogP contribution in [0, 0.1) is 0 Å². The molecule has 1 saturated heterocycles. The van der Waals surface area contributed by atoms with Gasteiger partial charge in [-0.25, -0.2) is 9.59 Å². The van der Waals surface area contributed by atoms with E-state index in [1.165, 1.54) is 15.6 Å². The third kappa shape index (κ3) is 6.89. The van der Waals surface area contributed by atoms with Gasteiger partial charge in [0.1, 0.15) is 0 Å². The van der Waals surface area contributed by atoms with Gasteiger partial charge in [0.05, 0.1) is 25.4 Å². The van der Waals surface area contributed by atoms with E-state index in [1.54, 1.807) is 11.3 Å². The maximum Gasteiger partial charge on any atom is 0.414 e. The summed E-state index contributed by atoms with van der Waals surface area (Å²) in [5.74, 6) is -3.65. The van der Waals surface area contributed by atoms with E-state index in [0.29, 0.717) is 26.3 Å². The fourth-order valence-corrected chi connectivity index (χ4v) is 3.46. The molecule has 27 heavy (non-hydrogen) atoms. The Bertz CT molecular complexity index is 741. The first-order valence-corrected chi connectivity index (χ1v) is 9.33. The summed E-state index contributed by atoms with van der Waals surface area (Å²) in [7, 11) is 0. The number of aliphatic hydroxyl groups excluding tert-OH is 2. The van der Waals surface area contributed by atoms with Gasteiger partial charge in [0.2, 0.25) is 0 Å². The smallest absolute Gasteiger partial charge is 0.414 e. The van der Waals surface area contributed by atoms with Crippen LogP contribution in [0.25, 0.3) is 10.1 Å². The average Bonchev–Trinajstić information content (AvgIpc) is 3.21. The van der Waals surface area contributed by atoms with Gasteiger partial charge < -0.3 is 25.2 Å². The molecule has 1 aliphatic heterocycles. The highest BCUT2D eigenvalue weighted by atomic mass is 32.1. The van der Waals surface area contributed by atoms with E-state index < -0.39 is 24.1 Å². The minimum absolute atomic E-state index is 0.541. The number of ether oxygens (including phenoxy) is 1. The molecular formula is C18H23NO7S. The van der Waals surface area contributed by atoms with Crippen molar-refractivity contribution >= 4 is 33.4 Å². The van der Waals surface area contributed by atoms with Gasteiger partial charge in [-0.05, 0) is 34.9 Å². The van der Waals surface area contributed by atoms with E-state index in [-0.39, 0.29) is 0 Å². The summed E-state index contributed by atoms with van der Waals surface area (Å²) < 4.78 is 6.99. The molecule has 0 aliphatic carbocycles. The maximum atomic E-state index is 9.46. The number of carboxylic acid groups (broad SMARTS) is 2. The zero-order valence-corrected chi connectivity index (χ0v) is 15.5. The number of aliphatic hydroxyl groups is 2. The zero-order chi connectivity index (χ0) is 19.8. The number of carboxylic acids is 2. The predicted molar refractivity (Wildman–Crippen MR) is 100 cm³/mol. The molecule has 0 spiro atoms. The molecule has 0 amide bonds. The highest BCUT2D eigenvalue weighted by molar-refractivity contribution is 7.17. The number of β-amino-alcohol motifs (C(OH)–C–C–N with tert-alkyl or cyclic N) is 2. The van der Waals surface area contributed by atoms with Crippen molar-refractivity contribution in [3.63, 3.8) is 0 Å². The zero-order valence-electron chi connectivity index (χ0n) is 14.7. The lowest BCUT2D eigenvalue weighted by atomic mass is 10.1. The standard InChI is InChI=1S/C16H21NO3S.C2H2O4/c18-14-10-17(11-15(14)19)5-7-20-6-3-12-1-2-16-13(9-12)4-8-21-16;3-1(4)2(5)6/h1-2,4,8-9,14-15,18-19H,3,5-7,10-11H2;(H,3,4)(H,5,6)/t14-,15-;/m1./s1. The monoisotopic (exact) mass is 397 g/mol. The highest BCUT2D eigenvalue weighted by Crippen LogP contribution is 2.21. The molecule has 0 unspecified atom stereocenters. The van der Waals surface area contributed by atoms with Gasteiger partial charge in [0, 0.05) is 24.3 Å². The predicted octanol–water partition coefficient (Wildman–Crippen LogP) is 0.653. The van der Waals surface area contributed by atoms with Crippen LogP contribution in [0.4, 0.5) is 0 Å². The van der Waals surface area contributed by atoms with E-state index in [2.05, 4.69) is 29.6 Å². The van der Waals surface area contributed by atoms with Crippen molar-refractivity contribution in [2.24, 2.45) is 0 Å². The number of benzene rings is 1. The summed E-state index contributed by atoms with van der Waals surface area (Å²) in [6.07, 6.45) is -0.304. The molecule has 148 valence electrons. The molecule has 2 atom stereocenters.